The Bertz CT molecular complexity index is 719. The minimum Gasteiger partial charge on any atom is -0.504 e. The van der Waals surface area contributed by atoms with Crippen LogP contribution in [0.2, 0.25) is 0 Å². The number of aromatic amines is 1. The highest BCUT2D eigenvalue weighted by Crippen LogP contribution is 2.36. The van der Waals surface area contributed by atoms with E-state index in [1.807, 2.05) is 31.2 Å². The molecule has 0 saturated carbocycles. The number of para-hydroxylation sites is 2. The minimum absolute atomic E-state index is 0.105. The maximum absolute atomic E-state index is 9.55. The molecule has 1 heterocycles. The third-order valence-corrected chi connectivity index (χ3v) is 3.89. The number of nitrogens with zero attached hydrogens (tertiary/aromatic N) is 1. The second-order valence-corrected chi connectivity index (χ2v) is 5.30. The molecule has 5 heteroatoms. The first-order valence-corrected chi connectivity index (χ1v) is 6.60. The Hall–Kier alpha value is -2.14. The number of imidazole rings is 1. The molecule has 0 saturated heterocycles. The first kappa shape index (κ1) is 11.9. The van der Waals surface area contributed by atoms with Crippen molar-refractivity contribution in [1.82, 2.24) is 9.97 Å². The van der Waals surface area contributed by atoms with Crippen LogP contribution in [0.3, 0.4) is 0 Å². The van der Waals surface area contributed by atoms with E-state index in [2.05, 4.69) is 9.97 Å². The van der Waals surface area contributed by atoms with E-state index in [4.69, 9.17) is 0 Å². The zero-order valence-electron chi connectivity index (χ0n) is 10.2. The molecule has 0 atom stereocenters. The number of aromatic nitrogens is 2. The normalized spacial score (nSPS) is 11.0. The second-order valence-electron chi connectivity index (χ2n) is 4.27. The Kier molecular flexibility index (Phi) is 2.83. The fourth-order valence-electron chi connectivity index (χ4n) is 1.85. The van der Waals surface area contributed by atoms with Crippen LogP contribution in [0.25, 0.3) is 11.0 Å². The summed E-state index contributed by atoms with van der Waals surface area (Å²) in [7, 11) is 0. The molecule has 3 N–H and O–H groups in total. The summed E-state index contributed by atoms with van der Waals surface area (Å²) >= 11 is 1.43. The standard InChI is InChI=1S/C14H12N2O2S/c1-8-6-11(17)12(18)7-13(8)19-14-15-9-4-2-3-5-10(9)16-14/h2-7,17-18H,1H3,(H,15,16). The first-order valence-electron chi connectivity index (χ1n) is 5.78. The van der Waals surface area contributed by atoms with E-state index in [1.54, 1.807) is 12.1 Å². The summed E-state index contributed by atoms with van der Waals surface area (Å²) in [5, 5.41) is 19.7. The Balaban J connectivity index is 1.98. The van der Waals surface area contributed by atoms with Gasteiger partial charge in [0.2, 0.25) is 0 Å². The fraction of sp³-hybridized carbons (Fsp3) is 0.0714. The van der Waals surface area contributed by atoms with Gasteiger partial charge < -0.3 is 15.2 Å². The molecule has 3 rings (SSSR count). The molecule has 19 heavy (non-hydrogen) atoms. The Morgan fingerprint density at radius 1 is 1.11 bits per heavy atom. The molecule has 0 fully saturated rings. The lowest BCUT2D eigenvalue weighted by Gasteiger charge is -2.05. The maximum Gasteiger partial charge on any atom is 0.171 e. The predicted molar refractivity (Wildman–Crippen MR) is 74.7 cm³/mol. The number of phenols is 2. The minimum atomic E-state index is -0.121. The van der Waals surface area contributed by atoms with E-state index in [0.717, 1.165) is 26.6 Å². The Morgan fingerprint density at radius 3 is 2.63 bits per heavy atom. The first-order chi connectivity index (χ1) is 9.13. The van der Waals surface area contributed by atoms with Gasteiger partial charge >= 0.3 is 0 Å². The van der Waals surface area contributed by atoms with Gasteiger partial charge in [0.15, 0.2) is 16.7 Å². The van der Waals surface area contributed by atoms with Crippen LogP contribution < -0.4 is 0 Å². The summed E-state index contributed by atoms with van der Waals surface area (Å²) in [4.78, 5) is 8.53. The highest BCUT2D eigenvalue weighted by molar-refractivity contribution is 7.99. The Labute approximate surface area is 114 Å². The van der Waals surface area contributed by atoms with E-state index in [0.29, 0.717) is 0 Å². The fourth-order valence-corrected chi connectivity index (χ4v) is 2.76. The van der Waals surface area contributed by atoms with E-state index < -0.39 is 0 Å². The van der Waals surface area contributed by atoms with Gasteiger partial charge in [-0.3, -0.25) is 0 Å². The quantitative estimate of drug-likeness (QED) is 0.625. The predicted octanol–water partition coefficient (Wildman–Crippen LogP) is 3.43. The average Bonchev–Trinajstić information content (AvgIpc) is 2.78. The van der Waals surface area contributed by atoms with Gasteiger partial charge in [-0.15, -0.1) is 0 Å². The summed E-state index contributed by atoms with van der Waals surface area (Å²) in [5.74, 6) is -0.226. The molecule has 96 valence electrons. The molecule has 0 aliphatic carbocycles. The van der Waals surface area contributed by atoms with Crippen LogP contribution in [-0.2, 0) is 0 Å². The summed E-state index contributed by atoms with van der Waals surface area (Å²) in [6, 6.07) is 10.9. The third kappa shape index (κ3) is 2.24. The lowest BCUT2D eigenvalue weighted by atomic mass is 10.2. The van der Waals surface area contributed by atoms with E-state index in [9.17, 15) is 10.2 Å². The second kappa shape index (κ2) is 4.51. The molecule has 0 bridgehead atoms. The van der Waals surface area contributed by atoms with Crippen LogP contribution in [0.1, 0.15) is 5.56 Å². The number of rotatable bonds is 2. The van der Waals surface area contributed by atoms with Gasteiger partial charge in [-0.05, 0) is 36.8 Å². The molecule has 3 aromatic rings. The number of hydrogen-bond acceptors (Lipinski definition) is 4. The van der Waals surface area contributed by atoms with Crippen molar-refractivity contribution in [2.24, 2.45) is 0 Å². The number of aromatic hydroxyl groups is 2. The van der Waals surface area contributed by atoms with Gasteiger partial charge in [-0.1, -0.05) is 23.9 Å². The number of aryl methyl sites for hydroxylation is 1. The third-order valence-electron chi connectivity index (χ3n) is 2.85. The molecule has 0 aliphatic heterocycles. The van der Waals surface area contributed by atoms with Crippen molar-refractivity contribution in [2.45, 2.75) is 17.0 Å². The average molecular weight is 272 g/mol. The van der Waals surface area contributed by atoms with Crippen LogP contribution in [0.5, 0.6) is 11.5 Å². The van der Waals surface area contributed by atoms with Gasteiger partial charge in [0.05, 0.1) is 11.0 Å². The van der Waals surface area contributed by atoms with E-state index in [1.165, 1.54) is 11.8 Å². The number of benzene rings is 2. The van der Waals surface area contributed by atoms with Gasteiger partial charge in [-0.2, -0.15) is 0 Å². The molecule has 0 amide bonds. The summed E-state index contributed by atoms with van der Waals surface area (Å²) in [6.45, 7) is 1.88. The molecule has 0 aliphatic rings. The molecule has 4 nitrogen and oxygen atoms in total. The highest BCUT2D eigenvalue weighted by Gasteiger charge is 2.09. The number of hydrogen-bond donors (Lipinski definition) is 3. The van der Waals surface area contributed by atoms with Crippen LogP contribution in [0.4, 0.5) is 0 Å². The number of H-pyrrole nitrogens is 1. The van der Waals surface area contributed by atoms with Gasteiger partial charge in [0, 0.05) is 4.90 Å². The highest BCUT2D eigenvalue weighted by atomic mass is 32.2. The lowest BCUT2D eigenvalue weighted by Crippen LogP contribution is -1.82. The van der Waals surface area contributed by atoms with Crippen molar-refractivity contribution < 1.29 is 10.2 Å². The molecule has 1 aromatic heterocycles. The summed E-state index contributed by atoms with van der Waals surface area (Å²) < 4.78 is 0. The van der Waals surface area contributed by atoms with Crippen LogP contribution in [0, 0.1) is 6.92 Å². The van der Waals surface area contributed by atoms with E-state index >= 15 is 0 Å². The van der Waals surface area contributed by atoms with Crippen molar-refractivity contribution in [3.05, 3.63) is 42.0 Å². The molecule has 2 aromatic carbocycles. The maximum atomic E-state index is 9.55. The molecular formula is C14H12N2O2S. The number of nitrogens with one attached hydrogen (secondary N) is 1. The number of fused-ring (bicyclic) bond motifs is 1. The van der Waals surface area contributed by atoms with Crippen molar-refractivity contribution in [1.29, 1.82) is 0 Å². The van der Waals surface area contributed by atoms with Crippen molar-refractivity contribution in [2.75, 3.05) is 0 Å². The lowest BCUT2D eigenvalue weighted by molar-refractivity contribution is 0.402. The molecule has 0 spiro atoms. The summed E-state index contributed by atoms with van der Waals surface area (Å²) in [5.41, 5.74) is 2.78. The van der Waals surface area contributed by atoms with Crippen LogP contribution in [0.15, 0.2) is 46.5 Å². The Morgan fingerprint density at radius 2 is 1.84 bits per heavy atom. The topological polar surface area (TPSA) is 69.1 Å². The zero-order chi connectivity index (χ0) is 13.4. The van der Waals surface area contributed by atoms with Crippen molar-refractivity contribution >= 4 is 22.8 Å². The van der Waals surface area contributed by atoms with E-state index in [-0.39, 0.29) is 11.5 Å². The van der Waals surface area contributed by atoms with Crippen LogP contribution >= 0.6 is 11.8 Å². The zero-order valence-corrected chi connectivity index (χ0v) is 11.0. The molecule has 0 radical (unpaired) electrons. The largest absolute Gasteiger partial charge is 0.504 e. The monoisotopic (exact) mass is 272 g/mol. The van der Waals surface area contributed by atoms with Crippen molar-refractivity contribution in [3.8, 4) is 11.5 Å². The van der Waals surface area contributed by atoms with Gasteiger partial charge in [-0.25, -0.2) is 4.98 Å². The molecular weight excluding hydrogens is 260 g/mol. The van der Waals surface area contributed by atoms with Gasteiger partial charge in [0.25, 0.3) is 0 Å². The number of phenolic OH excluding ortho intramolecular Hbond substituents is 2. The molecule has 0 unspecified atom stereocenters. The van der Waals surface area contributed by atoms with Crippen LogP contribution in [-0.4, -0.2) is 20.2 Å². The SMILES string of the molecule is Cc1cc(O)c(O)cc1Sc1nc2ccccc2[nH]1. The van der Waals surface area contributed by atoms with Crippen molar-refractivity contribution in [3.63, 3.8) is 0 Å². The summed E-state index contributed by atoms with van der Waals surface area (Å²) in [6.07, 6.45) is 0. The van der Waals surface area contributed by atoms with Gasteiger partial charge in [0.1, 0.15) is 0 Å². The smallest absolute Gasteiger partial charge is 0.171 e.